The van der Waals surface area contributed by atoms with Crippen molar-refractivity contribution in [2.75, 3.05) is 11.1 Å². The van der Waals surface area contributed by atoms with Crippen molar-refractivity contribution < 1.29 is 4.79 Å². The molecule has 1 aromatic rings. The molecule has 0 aliphatic carbocycles. The van der Waals surface area contributed by atoms with Gasteiger partial charge in [-0.15, -0.1) is 11.8 Å². The Morgan fingerprint density at radius 3 is 2.50 bits per heavy atom. The molecule has 0 unspecified atom stereocenters. The Balaban J connectivity index is 2.49. The number of amides is 1. The van der Waals surface area contributed by atoms with Gasteiger partial charge < -0.3 is 5.32 Å². The standard InChI is InChI=1S/C11H19N3OS/c1-7-8(2)13-14-10(7)12-9(15)6-16-11(3,4)5/h6H2,1-5H3,(H2,12,13,14,15). The van der Waals surface area contributed by atoms with E-state index in [2.05, 4.69) is 36.3 Å². The lowest BCUT2D eigenvalue weighted by molar-refractivity contribution is -0.113. The van der Waals surface area contributed by atoms with Gasteiger partial charge in [-0.25, -0.2) is 0 Å². The summed E-state index contributed by atoms with van der Waals surface area (Å²) < 4.78 is 0.105. The van der Waals surface area contributed by atoms with E-state index >= 15 is 0 Å². The number of aromatic amines is 1. The summed E-state index contributed by atoms with van der Waals surface area (Å²) in [5, 5.41) is 9.68. The SMILES string of the molecule is Cc1[nH]nc(NC(=O)CSC(C)(C)C)c1C. The first kappa shape index (κ1) is 13.1. The van der Waals surface area contributed by atoms with Crippen molar-refractivity contribution in [1.82, 2.24) is 10.2 Å². The van der Waals surface area contributed by atoms with E-state index in [9.17, 15) is 4.79 Å². The van der Waals surface area contributed by atoms with Gasteiger partial charge in [0.25, 0.3) is 0 Å². The Kier molecular flexibility index (Phi) is 4.02. The fraction of sp³-hybridized carbons (Fsp3) is 0.636. The summed E-state index contributed by atoms with van der Waals surface area (Å²) in [5.41, 5.74) is 1.98. The van der Waals surface area contributed by atoms with E-state index < -0.39 is 0 Å². The number of H-pyrrole nitrogens is 1. The van der Waals surface area contributed by atoms with E-state index in [1.165, 1.54) is 0 Å². The number of hydrogen-bond donors (Lipinski definition) is 2. The minimum Gasteiger partial charge on any atom is -0.308 e. The number of nitrogens with zero attached hydrogens (tertiary/aromatic N) is 1. The fourth-order valence-electron chi connectivity index (χ4n) is 1.06. The fourth-order valence-corrected chi connectivity index (χ4v) is 1.69. The lowest BCUT2D eigenvalue weighted by Gasteiger charge is -2.16. The van der Waals surface area contributed by atoms with Gasteiger partial charge >= 0.3 is 0 Å². The molecule has 2 N–H and O–H groups in total. The Bertz CT molecular complexity index is 379. The Morgan fingerprint density at radius 2 is 2.06 bits per heavy atom. The van der Waals surface area contributed by atoms with E-state index in [-0.39, 0.29) is 10.7 Å². The minimum absolute atomic E-state index is 0.00507. The smallest absolute Gasteiger partial charge is 0.235 e. The van der Waals surface area contributed by atoms with Gasteiger partial charge in [0, 0.05) is 16.0 Å². The van der Waals surface area contributed by atoms with E-state index in [0.717, 1.165) is 11.3 Å². The lowest BCUT2D eigenvalue weighted by atomic mass is 10.3. The Labute approximate surface area is 101 Å². The second-order valence-electron chi connectivity index (χ2n) is 4.77. The molecule has 0 aliphatic rings. The quantitative estimate of drug-likeness (QED) is 0.855. The molecule has 0 fully saturated rings. The number of aryl methyl sites for hydroxylation is 1. The van der Waals surface area contributed by atoms with Crippen molar-refractivity contribution in [3.8, 4) is 0 Å². The number of nitrogens with one attached hydrogen (secondary N) is 2. The van der Waals surface area contributed by atoms with Crippen molar-refractivity contribution in [3.63, 3.8) is 0 Å². The van der Waals surface area contributed by atoms with Crippen LogP contribution in [0.15, 0.2) is 0 Å². The molecular formula is C11H19N3OS. The first-order valence-corrected chi connectivity index (χ1v) is 6.23. The van der Waals surface area contributed by atoms with E-state index in [4.69, 9.17) is 0 Å². The molecule has 1 aromatic heterocycles. The van der Waals surface area contributed by atoms with Crippen molar-refractivity contribution in [2.45, 2.75) is 39.4 Å². The summed E-state index contributed by atoms with van der Waals surface area (Å²) in [6, 6.07) is 0. The molecule has 16 heavy (non-hydrogen) atoms. The van der Waals surface area contributed by atoms with E-state index in [1.54, 1.807) is 11.8 Å². The molecule has 4 nitrogen and oxygen atoms in total. The highest BCUT2D eigenvalue weighted by molar-refractivity contribution is 8.01. The maximum atomic E-state index is 11.6. The maximum absolute atomic E-state index is 11.6. The summed E-state index contributed by atoms with van der Waals surface area (Å²) in [6.45, 7) is 10.1. The van der Waals surface area contributed by atoms with Gasteiger partial charge in [-0.1, -0.05) is 20.8 Å². The summed E-state index contributed by atoms with van der Waals surface area (Å²) in [4.78, 5) is 11.6. The zero-order valence-corrected chi connectivity index (χ0v) is 11.3. The molecule has 1 heterocycles. The summed E-state index contributed by atoms with van der Waals surface area (Å²) in [5.74, 6) is 1.08. The zero-order valence-electron chi connectivity index (χ0n) is 10.5. The first-order valence-electron chi connectivity index (χ1n) is 5.25. The topological polar surface area (TPSA) is 57.8 Å². The number of aromatic nitrogens is 2. The average Bonchev–Trinajstić information content (AvgIpc) is 2.46. The Hall–Kier alpha value is -0.970. The number of rotatable bonds is 3. The molecule has 0 spiro atoms. The van der Waals surface area contributed by atoms with Gasteiger partial charge in [-0.2, -0.15) is 5.10 Å². The molecule has 90 valence electrons. The van der Waals surface area contributed by atoms with Gasteiger partial charge in [-0.05, 0) is 13.8 Å². The van der Waals surface area contributed by atoms with Crippen molar-refractivity contribution >= 4 is 23.5 Å². The predicted molar refractivity (Wildman–Crippen MR) is 68.9 cm³/mol. The molecule has 0 aliphatic heterocycles. The van der Waals surface area contributed by atoms with Gasteiger partial charge in [0.05, 0.1) is 5.75 Å². The molecule has 1 amide bonds. The highest BCUT2D eigenvalue weighted by atomic mass is 32.2. The third kappa shape index (κ3) is 3.89. The maximum Gasteiger partial charge on any atom is 0.235 e. The number of carbonyl (C=O) groups excluding carboxylic acids is 1. The number of carbonyl (C=O) groups is 1. The average molecular weight is 241 g/mol. The number of hydrogen-bond acceptors (Lipinski definition) is 3. The molecular weight excluding hydrogens is 222 g/mol. The van der Waals surface area contributed by atoms with Crippen LogP contribution in [0.25, 0.3) is 0 Å². The molecule has 0 saturated heterocycles. The van der Waals surface area contributed by atoms with Crippen LogP contribution in [0.4, 0.5) is 5.82 Å². The van der Waals surface area contributed by atoms with Crippen molar-refractivity contribution in [1.29, 1.82) is 0 Å². The predicted octanol–water partition coefficient (Wildman–Crippen LogP) is 2.50. The summed E-state index contributed by atoms with van der Waals surface area (Å²) >= 11 is 1.62. The third-order valence-corrected chi connectivity index (χ3v) is 3.42. The van der Waals surface area contributed by atoms with Crippen LogP contribution in [0.1, 0.15) is 32.0 Å². The van der Waals surface area contributed by atoms with Crippen molar-refractivity contribution in [3.05, 3.63) is 11.3 Å². The van der Waals surface area contributed by atoms with Crippen LogP contribution in [-0.4, -0.2) is 26.6 Å². The number of anilines is 1. The van der Waals surface area contributed by atoms with Crippen LogP contribution in [0.2, 0.25) is 0 Å². The molecule has 0 radical (unpaired) electrons. The molecule has 0 saturated carbocycles. The highest BCUT2D eigenvalue weighted by Gasteiger charge is 2.15. The van der Waals surface area contributed by atoms with Crippen LogP contribution in [-0.2, 0) is 4.79 Å². The second-order valence-corrected chi connectivity index (χ2v) is 6.57. The molecule has 0 aromatic carbocycles. The monoisotopic (exact) mass is 241 g/mol. The molecule has 1 rings (SSSR count). The molecule has 0 bridgehead atoms. The van der Waals surface area contributed by atoms with Gasteiger partial charge in [-0.3, -0.25) is 9.89 Å². The third-order valence-electron chi connectivity index (χ3n) is 2.15. The number of thioether (sulfide) groups is 1. The lowest BCUT2D eigenvalue weighted by Crippen LogP contribution is -2.19. The minimum atomic E-state index is -0.00507. The normalized spacial score (nSPS) is 11.6. The van der Waals surface area contributed by atoms with Gasteiger partial charge in [0.1, 0.15) is 0 Å². The van der Waals surface area contributed by atoms with Crippen molar-refractivity contribution in [2.24, 2.45) is 0 Å². The van der Waals surface area contributed by atoms with E-state index in [1.807, 2.05) is 13.8 Å². The summed E-state index contributed by atoms with van der Waals surface area (Å²) in [7, 11) is 0. The second kappa shape index (κ2) is 4.91. The van der Waals surface area contributed by atoms with Crippen LogP contribution in [0.5, 0.6) is 0 Å². The molecule has 0 atom stereocenters. The summed E-state index contributed by atoms with van der Waals surface area (Å²) in [6.07, 6.45) is 0. The first-order chi connectivity index (χ1) is 7.29. The Morgan fingerprint density at radius 1 is 1.44 bits per heavy atom. The van der Waals surface area contributed by atoms with Gasteiger partial charge in [0.2, 0.25) is 5.91 Å². The van der Waals surface area contributed by atoms with Gasteiger partial charge in [0.15, 0.2) is 5.82 Å². The van der Waals surface area contributed by atoms with E-state index in [0.29, 0.717) is 11.6 Å². The zero-order chi connectivity index (χ0) is 12.3. The van der Waals surface area contributed by atoms with Crippen LogP contribution in [0.3, 0.4) is 0 Å². The highest BCUT2D eigenvalue weighted by Crippen LogP contribution is 2.23. The molecule has 5 heteroatoms. The van der Waals surface area contributed by atoms with Crippen LogP contribution >= 0.6 is 11.8 Å². The largest absolute Gasteiger partial charge is 0.308 e. The van der Waals surface area contributed by atoms with Crippen LogP contribution in [0, 0.1) is 13.8 Å². The van der Waals surface area contributed by atoms with Crippen LogP contribution < -0.4 is 5.32 Å².